The summed E-state index contributed by atoms with van der Waals surface area (Å²) in [5.41, 5.74) is 2.19. The van der Waals surface area contributed by atoms with Gasteiger partial charge in [0.15, 0.2) is 0 Å². The Hall–Kier alpha value is -1.72. The molecule has 0 spiro atoms. The molecule has 2 N–H and O–H groups in total. The molecule has 0 saturated carbocycles. The molecule has 0 unspecified atom stereocenters. The number of rotatable bonds is 4. The van der Waals surface area contributed by atoms with Gasteiger partial charge in [-0.2, -0.15) is 0 Å². The Kier molecular flexibility index (Phi) is 3.08. The van der Waals surface area contributed by atoms with Gasteiger partial charge in [0.2, 0.25) is 0 Å². The Labute approximate surface area is 109 Å². The highest BCUT2D eigenvalue weighted by Crippen LogP contribution is 2.16. The van der Waals surface area contributed by atoms with Crippen LogP contribution in [0.2, 0.25) is 0 Å². The highest BCUT2D eigenvalue weighted by atomic mass is 32.1. The Morgan fingerprint density at radius 2 is 2.28 bits per heavy atom. The number of H-pyrrole nitrogens is 1. The molecule has 0 atom stereocenters. The van der Waals surface area contributed by atoms with Gasteiger partial charge < -0.3 is 10.3 Å². The molecule has 5 heteroatoms. The van der Waals surface area contributed by atoms with Crippen LogP contribution in [0.15, 0.2) is 30.7 Å². The smallest absolute Gasteiger partial charge is 0.137 e. The summed E-state index contributed by atoms with van der Waals surface area (Å²) in [6.07, 6.45) is 5.73. The predicted molar refractivity (Wildman–Crippen MR) is 73.5 cm³/mol. The standard InChI is InChI=1S/C13H14N4S/c1-9-5-16-12(18-9)8-14-6-10-7-17-13-11(10)3-2-4-15-13/h2-5,7,14H,6,8H2,1H3,(H,15,17). The fraction of sp³-hybridized carbons (Fsp3) is 0.231. The van der Waals surface area contributed by atoms with Gasteiger partial charge in [0.25, 0.3) is 0 Å². The summed E-state index contributed by atoms with van der Waals surface area (Å²) >= 11 is 1.73. The number of pyridine rings is 1. The number of hydrogen-bond donors (Lipinski definition) is 2. The van der Waals surface area contributed by atoms with Gasteiger partial charge >= 0.3 is 0 Å². The van der Waals surface area contributed by atoms with Gasteiger partial charge in [-0.25, -0.2) is 9.97 Å². The first-order chi connectivity index (χ1) is 8.83. The molecule has 0 aliphatic heterocycles. The van der Waals surface area contributed by atoms with E-state index in [2.05, 4.69) is 33.3 Å². The first kappa shape index (κ1) is 11.4. The minimum Gasteiger partial charge on any atom is -0.346 e. The van der Waals surface area contributed by atoms with Crippen molar-refractivity contribution in [3.63, 3.8) is 0 Å². The van der Waals surface area contributed by atoms with Crippen LogP contribution in [0.4, 0.5) is 0 Å². The molecule has 0 aromatic carbocycles. The van der Waals surface area contributed by atoms with E-state index in [0.717, 1.165) is 23.7 Å². The third kappa shape index (κ3) is 2.27. The van der Waals surface area contributed by atoms with Crippen molar-refractivity contribution in [2.45, 2.75) is 20.0 Å². The van der Waals surface area contributed by atoms with Crippen LogP contribution in [-0.2, 0) is 13.1 Å². The fourth-order valence-electron chi connectivity index (χ4n) is 1.95. The summed E-state index contributed by atoms with van der Waals surface area (Å²) in [7, 11) is 0. The molecule has 0 saturated heterocycles. The summed E-state index contributed by atoms with van der Waals surface area (Å²) in [5, 5.41) is 5.72. The highest BCUT2D eigenvalue weighted by Gasteiger charge is 2.04. The maximum Gasteiger partial charge on any atom is 0.137 e. The molecule has 3 aromatic heterocycles. The molecular formula is C13H14N4S. The van der Waals surface area contributed by atoms with Crippen molar-refractivity contribution in [2.24, 2.45) is 0 Å². The zero-order chi connectivity index (χ0) is 12.4. The van der Waals surface area contributed by atoms with Crippen LogP contribution in [0.25, 0.3) is 11.0 Å². The van der Waals surface area contributed by atoms with E-state index in [9.17, 15) is 0 Å². The van der Waals surface area contributed by atoms with Gasteiger partial charge in [-0.3, -0.25) is 0 Å². The molecule has 92 valence electrons. The molecule has 3 heterocycles. The maximum atomic E-state index is 4.33. The minimum absolute atomic E-state index is 0.811. The third-order valence-electron chi connectivity index (χ3n) is 2.80. The van der Waals surface area contributed by atoms with Gasteiger partial charge in [0.1, 0.15) is 10.7 Å². The fourth-order valence-corrected chi connectivity index (χ4v) is 2.70. The lowest BCUT2D eigenvalue weighted by Gasteiger charge is -2.01. The minimum atomic E-state index is 0.811. The van der Waals surface area contributed by atoms with Gasteiger partial charge in [-0.15, -0.1) is 11.3 Å². The number of nitrogens with zero attached hydrogens (tertiary/aromatic N) is 2. The maximum absolute atomic E-state index is 4.33. The average molecular weight is 258 g/mol. The van der Waals surface area contributed by atoms with Crippen molar-refractivity contribution >= 4 is 22.4 Å². The van der Waals surface area contributed by atoms with Gasteiger partial charge in [0, 0.05) is 41.9 Å². The van der Waals surface area contributed by atoms with Crippen molar-refractivity contribution in [3.05, 3.63) is 46.2 Å². The quantitative estimate of drug-likeness (QED) is 0.756. The molecule has 18 heavy (non-hydrogen) atoms. The molecule has 0 bridgehead atoms. The zero-order valence-corrected chi connectivity index (χ0v) is 10.9. The number of aromatic nitrogens is 3. The molecule has 0 radical (unpaired) electrons. The molecule has 0 amide bonds. The summed E-state index contributed by atoms with van der Waals surface area (Å²) in [6.45, 7) is 3.71. The van der Waals surface area contributed by atoms with E-state index < -0.39 is 0 Å². The second kappa shape index (κ2) is 4.88. The number of fused-ring (bicyclic) bond motifs is 1. The summed E-state index contributed by atoms with van der Waals surface area (Å²) in [6, 6.07) is 4.05. The lowest BCUT2D eigenvalue weighted by atomic mass is 10.2. The number of aryl methyl sites for hydroxylation is 1. The second-order valence-electron chi connectivity index (χ2n) is 4.18. The second-order valence-corrected chi connectivity index (χ2v) is 5.50. The number of thiazole rings is 1. The molecule has 3 aromatic rings. The third-order valence-corrected chi connectivity index (χ3v) is 3.71. The van der Waals surface area contributed by atoms with E-state index >= 15 is 0 Å². The highest BCUT2D eigenvalue weighted by molar-refractivity contribution is 7.11. The lowest BCUT2D eigenvalue weighted by molar-refractivity contribution is 0.693. The van der Waals surface area contributed by atoms with Crippen LogP contribution < -0.4 is 5.32 Å². The van der Waals surface area contributed by atoms with Crippen LogP contribution >= 0.6 is 11.3 Å². The SMILES string of the molecule is Cc1cnc(CNCc2c[nH]c3ncccc23)s1. The topological polar surface area (TPSA) is 53.6 Å². The molecule has 0 aliphatic rings. The van der Waals surface area contributed by atoms with E-state index in [1.807, 2.05) is 18.5 Å². The van der Waals surface area contributed by atoms with E-state index in [1.54, 1.807) is 17.5 Å². The van der Waals surface area contributed by atoms with Crippen molar-refractivity contribution in [1.82, 2.24) is 20.3 Å². The Morgan fingerprint density at radius 3 is 3.11 bits per heavy atom. The average Bonchev–Trinajstić information content (AvgIpc) is 2.97. The van der Waals surface area contributed by atoms with Gasteiger partial charge in [-0.1, -0.05) is 0 Å². The van der Waals surface area contributed by atoms with E-state index in [4.69, 9.17) is 0 Å². The van der Waals surface area contributed by atoms with Crippen LogP contribution in [-0.4, -0.2) is 15.0 Å². The van der Waals surface area contributed by atoms with Gasteiger partial charge in [0.05, 0.1) is 0 Å². The van der Waals surface area contributed by atoms with E-state index in [0.29, 0.717) is 0 Å². The van der Waals surface area contributed by atoms with Crippen LogP contribution in [0, 0.1) is 6.92 Å². The number of aromatic amines is 1. The van der Waals surface area contributed by atoms with E-state index in [1.165, 1.54) is 15.8 Å². The van der Waals surface area contributed by atoms with E-state index in [-0.39, 0.29) is 0 Å². The molecule has 4 nitrogen and oxygen atoms in total. The normalized spacial score (nSPS) is 11.2. The monoisotopic (exact) mass is 258 g/mol. The van der Waals surface area contributed by atoms with Crippen molar-refractivity contribution in [3.8, 4) is 0 Å². The van der Waals surface area contributed by atoms with Crippen LogP contribution in [0.1, 0.15) is 15.4 Å². The predicted octanol–water partition coefficient (Wildman–Crippen LogP) is 2.62. The first-order valence-electron chi connectivity index (χ1n) is 5.86. The Bertz CT molecular complexity index is 656. The molecule has 3 rings (SSSR count). The summed E-state index contributed by atoms with van der Waals surface area (Å²) < 4.78 is 0. The zero-order valence-electron chi connectivity index (χ0n) is 10.1. The van der Waals surface area contributed by atoms with Crippen molar-refractivity contribution in [1.29, 1.82) is 0 Å². The lowest BCUT2D eigenvalue weighted by Crippen LogP contribution is -2.12. The van der Waals surface area contributed by atoms with Crippen molar-refractivity contribution < 1.29 is 0 Å². The van der Waals surface area contributed by atoms with Crippen LogP contribution in [0.5, 0.6) is 0 Å². The number of hydrogen-bond acceptors (Lipinski definition) is 4. The Morgan fingerprint density at radius 1 is 1.33 bits per heavy atom. The summed E-state index contributed by atoms with van der Waals surface area (Å²) in [4.78, 5) is 13.0. The largest absolute Gasteiger partial charge is 0.346 e. The summed E-state index contributed by atoms with van der Waals surface area (Å²) in [5.74, 6) is 0. The van der Waals surface area contributed by atoms with Crippen molar-refractivity contribution in [2.75, 3.05) is 0 Å². The first-order valence-corrected chi connectivity index (χ1v) is 6.67. The number of nitrogens with one attached hydrogen (secondary N) is 2. The molecule has 0 aliphatic carbocycles. The van der Waals surface area contributed by atoms with Crippen LogP contribution in [0.3, 0.4) is 0 Å². The Balaban J connectivity index is 1.66. The molecular weight excluding hydrogens is 244 g/mol. The molecule has 0 fully saturated rings. The van der Waals surface area contributed by atoms with Gasteiger partial charge in [-0.05, 0) is 24.6 Å².